The van der Waals surface area contributed by atoms with E-state index in [0.29, 0.717) is 18.9 Å². The fraction of sp³-hybridized carbons (Fsp3) is 0.471. The van der Waals surface area contributed by atoms with E-state index < -0.39 is 6.04 Å². The van der Waals surface area contributed by atoms with Crippen molar-refractivity contribution in [1.29, 1.82) is 0 Å². The third-order valence-electron chi connectivity index (χ3n) is 4.61. The number of tetrazole rings is 1. The molecule has 0 bridgehead atoms. The Morgan fingerprint density at radius 2 is 2.15 bits per heavy atom. The number of imidazole rings is 1. The number of nitrogens with one attached hydrogen (secondary N) is 1. The molecule has 0 aliphatic heterocycles. The third-order valence-corrected chi connectivity index (χ3v) is 4.61. The molecule has 2 atom stereocenters. The monoisotopic (exact) mass is 357 g/mol. The molecule has 2 heterocycles. The summed E-state index contributed by atoms with van der Waals surface area (Å²) in [4.78, 5) is 17.1. The molecule has 2 aromatic heterocycles. The minimum atomic E-state index is -0.452. The first-order valence-corrected chi connectivity index (χ1v) is 8.70. The van der Waals surface area contributed by atoms with Crippen LogP contribution in [-0.4, -0.2) is 47.3 Å². The molecule has 0 fully saturated rings. The maximum Gasteiger partial charge on any atom is 0.245 e. The highest BCUT2D eigenvalue weighted by Gasteiger charge is 2.26. The molecule has 0 radical (unpaired) electrons. The molecule has 26 heavy (non-hydrogen) atoms. The molecule has 1 aromatic carbocycles. The summed E-state index contributed by atoms with van der Waals surface area (Å²) in [6.07, 6.45) is 2.29. The van der Waals surface area contributed by atoms with Crippen LogP contribution in [0, 0.1) is 5.92 Å². The number of amides is 1. The first-order valence-electron chi connectivity index (χ1n) is 8.70. The summed E-state index contributed by atoms with van der Waals surface area (Å²) >= 11 is 0. The maximum atomic E-state index is 12.7. The van der Waals surface area contributed by atoms with Crippen molar-refractivity contribution >= 4 is 16.9 Å². The van der Waals surface area contributed by atoms with Crippen LogP contribution in [0.15, 0.2) is 30.6 Å². The summed E-state index contributed by atoms with van der Waals surface area (Å²) in [6, 6.07) is 7.24. The zero-order valence-electron chi connectivity index (χ0n) is 14.9. The average molecular weight is 357 g/mol. The van der Waals surface area contributed by atoms with Gasteiger partial charge in [0, 0.05) is 13.1 Å². The smallest absolute Gasteiger partial charge is 0.245 e. The minimum Gasteiger partial charge on any atom is -0.388 e. The first kappa shape index (κ1) is 18.0. The molecule has 0 saturated carbocycles. The fourth-order valence-corrected chi connectivity index (χ4v) is 3.05. The number of aromatic nitrogens is 6. The van der Waals surface area contributed by atoms with Crippen molar-refractivity contribution in [1.82, 2.24) is 35.1 Å². The molecule has 0 saturated heterocycles. The van der Waals surface area contributed by atoms with Gasteiger partial charge in [-0.2, -0.15) is 0 Å². The molecule has 2 N–H and O–H groups in total. The number of carbonyl (C=O) groups excluding carboxylic acids is 1. The van der Waals surface area contributed by atoms with Crippen molar-refractivity contribution in [2.75, 3.05) is 6.54 Å². The van der Waals surface area contributed by atoms with Gasteiger partial charge in [-0.05, 0) is 28.5 Å². The van der Waals surface area contributed by atoms with Crippen molar-refractivity contribution in [3.05, 3.63) is 36.4 Å². The van der Waals surface area contributed by atoms with E-state index in [0.717, 1.165) is 17.5 Å². The van der Waals surface area contributed by atoms with Gasteiger partial charge >= 0.3 is 0 Å². The Bertz CT molecular complexity index is 859. The van der Waals surface area contributed by atoms with Crippen molar-refractivity contribution in [2.24, 2.45) is 5.92 Å². The lowest BCUT2D eigenvalue weighted by Gasteiger charge is -2.21. The molecule has 0 aliphatic rings. The quantitative estimate of drug-likeness (QED) is 0.620. The van der Waals surface area contributed by atoms with Crippen LogP contribution >= 0.6 is 0 Å². The number of aliphatic hydroxyl groups excluding tert-OH is 1. The SMILES string of the molecule is CC[C@H](C)[C@@H](C(=O)NCCn1c(CO)nc2ccccc21)n1cnnn1. The molecular formula is C17H23N7O2. The second-order valence-corrected chi connectivity index (χ2v) is 6.24. The highest BCUT2D eigenvalue weighted by molar-refractivity contribution is 5.80. The molecule has 0 spiro atoms. The van der Waals surface area contributed by atoms with Gasteiger partial charge in [-0.3, -0.25) is 4.79 Å². The van der Waals surface area contributed by atoms with Gasteiger partial charge in [0.15, 0.2) is 0 Å². The standard InChI is InChI=1S/C17H23N7O2/c1-3-12(2)16(24-11-19-21-22-24)17(26)18-8-9-23-14-7-5-4-6-13(14)20-15(23)10-25/h4-7,11-12,16,25H,3,8-10H2,1-2H3,(H,18,26)/t12-,16-/m0/s1. The predicted octanol–water partition coefficient (Wildman–Crippen LogP) is 0.919. The molecule has 9 nitrogen and oxygen atoms in total. The fourth-order valence-electron chi connectivity index (χ4n) is 3.05. The van der Waals surface area contributed by atoms with Crippen LogP contribution in [0.5, 0.6) is 0 Å². The van der Waals surface area contributed by atoms with Crippen LogP contribution in [0.4, 0.5) is 0 Å². The van der Waals surface area contributed by atoms with E-state index in [1.54, 1.807) is 0 Å². The zero-order chi connectivity index (χ0) is 18.5. The van der Waals surface area contributed by atoms with Gasteiger partial charge in [0.1, 0.15) is 24.8 Å². The Balaban J connectivity index is 1.70. The minimum absolute atomic E-state index is 0.0978. The van der Waals surface area contributed by atoms with E-state index in [-0.39, 0.29) is 18.4 Å². The summed E-state index contributed by atoms with van der Waals surface area (Å²) in [5, 5.41) is 23.6. The summed E-state index contributed by atoms with van der Waals surface area (Å²) < 4.78 is 3.42. The third kappa shape index (κ3) is 3.57. The number of hydrogen-bond acceptors (Lipinski definition) is 6. The second-order valence-electron chi connectivity index (χ2n) is 6.24. The van der Waals surface area contributed by atoms with Crippen molar-refractivity contribution in [3.8, 4) is 0 Å². The second kappa shape index (κ2) is 8.05. The van der Waals surface area contributed by atoms with Crippen molar-refractivity contribution in [3.63, 3.8) is 0 Å². The van der Waals surface area contributed by atoms with E-state index >= 15 is 0 Å². The number of carbonyl (C=O) groups is 1. The topological polar surface area (TPSA) is 111 Å². The van der Waals surface area contributed by atoms with Gasteiger partial charge in [0.2, 0.25) is 5.91 Å². The number of hydrogen-bond donors (Lipinski definition) is 2. The molecule has 9 heteroatoms. The first-order chi connectivity index (χ1) is 12.7. The number of aliphatic hydroxyl groups is 1. The molecular weight excluding hydrogens is 334 g/mol. The Morgan fingerprint density at radius 1 is 1.35 bits per heavy atom. The molecule has 3 aromatic rings. The molecule has 0 aliphatic carbocycles. The molecule has 3 rings (SSSR count). The molecule has 0 unspecified atom stereocenters. The van der Waals surface area contributed by atoms with E-state index in [4.69, 9.17) is 0 Å². The average Bonchev–Trinajstić information content (AvgIpc) is 3.30. The number of rotatable bonds is 8. The number of para-hydroxylation sites is 2. The number of nitrogens with zero attached hydrogens (tertiary/aromatic N) is 6. The highest BCUT2D eigenvalue weighted by atomic mass is 16.3. The highest BCUT2D eigenvalue weighted by Crippen LogP contribution is 2.20. The maximum absolute atomic E-state index is 12.7. The predicted molar refractivity (Wildman–Crippen MR) is 95.0 cm³/mol. The van der Waals surface area contributed by atoms with Crippen molar-refractivity contribution < 1.29 is 9.90 Å². The lowest BCUT2D eigenvalue weighted by atomic mass is 9.98. The van der Waals surface area contributed by atoms with Crippen LogP contribution in [0.2, 0.25) is 0 Å². The Morgan fingerprint density at radius 3 is 2.85 bits per heavy atom. The van der Waals surface area contributed by atoms with E-state index in [1.165, 1.54) is 11.0 Å². The summed E-state index contributed by atoms with van der Waals surface area (Å²) in [5.41, 5.74) is 1.76. The van der Waals surface area contributed by atoms with Gasteiger partial charge in [0.25, 0.3) is 0 Å². The van der Waals surface area contributed by atoms with Gasteiger partial charge in [-0.25, -0.2) is 9.67 Å². The zero-order valence-corrected chi connectivity index (χ0v) is 14.9. The van der Waals surface area contributed by atoms with E-state index in [1.807, 2.05) is 42.7 Å². The molecule has 138 valence electrons. The largest absolute Gasteiger partial charge is 0.388 e. The van der Waals surface area contributed by atoms with Gasteiger partial charge in [0.05, 0.1) is 11.0 Å². The summed E-state index contributed by atoms with van der Waals surface area (Å²) in [5.74, 6) is 0.557. The molecule has 1 amide bonds. The van der Waals surface area contributed by atoms with Crippen LogP contribution < -0.4 is 5.32 Å². The Hall–Kier alpha value is -2.81. The normalized spacial score (nSPS) is 13.7. The summed E-state index contributed by atoms with van der Waals surface area (Å²) in [6.45, 7) is 4.81. The van der Waals surface area contributed by atoms with Crippen LogP contribution in [0.3, 0.4) is 0 Å². The van der Waals surface area contributed by atoms with Crippen LogP contribution in [-0.2, 0) is 17.9 Å². The summed E-state index contributed by atoms with van der Waals surface area (Å²) in [7, 11) is 0. The van der Waals surface area contributed by atoms with Crippen LogP contribution in [0.25, 0.3) is 11.0 Å². The lowest BCUT2D eigenvalue weighted by molar-refractivity contribution is -0.126. The van der Waals surface area contributed by atoms with E-state index in [2.05, 4.69) is 25.8 Å². The van der Waals surface area contributed by atoms with Crippen molar-refractivity contribution in [2.45, 2.75) is 39.5 Å². The van der Waals surface area contributed by atoms with E-state index in [9.17, 15) is 9.90 Å². The Kier molecular flexibility index (Phi) is 5.57. The van der Waals surface area contributed by atoms with Crippen LogP contribution in [0.1, 0.15) is 32.1 Å². The number of benzene rings is 1. The van der Waals surface area contributed by atoms with Gasteiger partial charge < -0.3 is 15.0 Å². The Labute approximate surface area is 151 Å². The van der Waals surface area contributed by atoms with Gasteiger partial charge in [-0.1, -0.05) is 32.4 Å². The van der Waals surface area contributed by atoms with Gasteiger partial charge in [-0.15, -0.1) is 5.10 Å². The lowest BCUT2D eigenvalue weighted by Crippen LogP contribution is -2.38. The number of fused-ring (bicyclic) bond motifs is 1.